The van der Waals surface area contributed by atoms with Crippen molar-refractivity contribution in [3.8, 4) is 0 Å². The van der Waals surface area contributed by atoms with Crippen LogP contribution in [0.5, 0.6) is 0 Å². The first kappa shape index (κ1) is 11.0. The lowest BCUT2D eigenvalue weighted by molar-refractivity contribution is 0.399. The zero-order chi connectivity index (χ0) is 9.36. The van der Waals surface area contributed by atoms with Gasteiger partial charge in [0, 0.05) is 0 Å². The summed E-state index contributed by atoms with van der Waals surface area (Å²) in [7, 11) is 0. The molecule has 0 spiro atoms. The van der Waals surface area contributed by atoms with E-state index in [0.717, 1.165) is 0 Å². The Morgan fingerprint density at radius 2 is 1.46 bits per heavy atom. The number of unbranched alkanes of at least 4 members (excludes halogenated alkanes) is 7. The number of rotatable bonds is 9. The van der Waals surface area contributed by atoms with Gasteiger partial charge >= 0.3 is 0 Å². The lowest BCUT2D eigenvalue weighted by Crippen LogP contribution is -1.85. The lowest BCUT2D eigenvalue weighted by Gasteiger charge is -1.99. The van der Waals surface area contributed by atoms with Crippen molar-refractivity contribution in [1.82, 2.24) is 0 Å². The van der Waals surface area contributed by atoms with Crippen molar-refractivity contribution < 1.29 is 4.74 Å². The summed E-state index contributed by atoms with van der Waals surface area (Å²) in [5.41, 5.74) is 0. The Morgan fingerprint density at radius 1 is 0.923 bits per heavy atom. The molecule has 0 aromatic carbocycles. The number of hydrogen-bond acceptors (Lipinski definition) is 1. The van der Waals surface area contributed by atoms with Gasteiger partial charge in [-0.15, -0.1) is 0 Å². The van der Waals surface area contributed by atoms with Crippen LogP contribution in [0.25, 0.3) is 0 Å². The van der Waals surface area contributed by atoms with Crippen molar-refractivity contribution >= 4 is 0 Å². The molecule has 1 rings (SSSR count). The average molecular weight is 183 g/mol. The Balaban J connectivity index is 1.63. The van der Waals surface area contributed by atoms with Gasteiger partial charge in [-0.25, -0.2) is 0 Å². The molecule has 1 unspecified atom stereocenters. The maximum absolute atomic E-state index is 5.04. The monoisotopic (exact) mass is 183 g/mol. The van der Waals surface area contributed by atoms with Crippen molar-refractivity contribution in [3.05, 3.63) is 6.61 Å². The molecule has 0 bridgehead atoms. The van der Waals surface area contributed by atoms with Gasteiger partial charge in [0.2, 0.25) is 0 Å². The molecule has 77 valence electrons. The zero-order valence-electron chi connectivity index (χ0n) is 8.93. The molecule has 1 atom stereocenters. The number of epoxide rings is 1. The quantitative estimate of drug-likeness (QED) is 0.387. The summed E-state index contributed by atoms with van der Waals surface area (Å²) in [6, 6.07) is 0. The predicted octanol–water partition coefficient (Wildman–Crippen LogP) is 4.08. The molecule has 13 heavy (non-hydrogen) atoms. The van der Waals surface area contributed by atoms with Crippen molar-refractivity contribution in [3.63, 3.8) is 0 Å². The normalized spacial score (nSPS) is 20.5. The van der Waals surface area contributed by atoms with E-state index in [4.69, 9.17) is 4.74 Å². The first-order valence-electron chi connectivity index (χ1n) is 5.92. The van der Waals surface area contributed by atoms with Crippen LogP contribution in [0, 0.1) is 6.61 Å². The van der Waals surface area contributed by atoms with Gasteiger partial charge in [-0.2, -0.15) is 0 Å². The van der Waals surface area contributed by atoms with Gasteiger partial charge in [0.25, 0.3) is 0 Å². The van der Waals surface area contributed by atoms with Gasteiger partial charge in [-0.05, 0) is 6.42 Å². The second kappa shape index (κ2) is 7.37. The van der Waals surface area contributed by atoms with Crippen molar-refractivity contribution in [2.24, 2.45) is 0 Å². The zero-order valence-corrected chi connectivity index (χ0v) is 8.93. The van der Waals surface area contributed by atoms with Crippen molar-refractivity contribution in [2.75, 3.05) is 0 Å². The van der Waals surface area contributed by atoms with Gasteiger partial charge in [-0.3, -0.25) is 0 Å². The first-order chi connectivity index (χ1) is 6.43. The van der Waals surface area contributed by atoms with Crippen LogP contribution in [0.4, 0.5) is 0 Å². The largest absolute Gasteiger partial charge is 0.367 e. The molecule has 0 amide bonds. The van der Waals surface area contributed by atoms with Gasteiger partial charge in [0.05, 0.1) is 6.10 Å². The molecule has 0 aromatic heterocycles. The summed E-state index contributed by atoms with van der Waals surface area (Å²) in [6.07, 6.45) is 13.1. The van der Waals surface area contributed by atoms with Crippen LogP contribution >= 0.6 is 0 Å². The van der Waals surface area contributed by atoms with Crippen molar-refractivity contribution in [1.29, 1.82) is 0 Å². The minimum Gasteiger partial charge on any atom is -0.367 e. The Kier molecular flexibility index (Phi) is 6.26. The summed E-state index contributed by atoms with van der Waals surface area (Å²) < 4.78 is 5.04. The smallest absolute Gasteiger partial charge is 0.113 e. The summed E-state index contributed by atoms with van der Waals surface area (Å²) >= 11 is 0. The highest BCUT2D eigenvalue weighted by Gasteiger charge is 2.21. The van der Waals surface area contributed by atoms with E-state index in [1.807, 2.05) is 6.61 Å². The molecule has 1 radical (unpaired) electrons. The highest BCUT2D eigenvalue weighted by molar-refractivity contribution is 4.82. The van der Waals surface area contributed by atoms with E-state index < -0.39 is 0 Å². The summed E-state index contributed by atoms with van der Waals surface area (Å²) in [4.78, 5) is 0. The number of ether oxygens (including phenoxy) is 1. The molecule has 0 N–H and O–H groups in total. The fourth-order valence-corrected chi connectivity index (χ4v) is 1.67. The third-order valence-electron chi connectivity index (χ3n) is 2.67. The molecule has 1 aliphatic heterocycles. The van der Waals surface area contributed by atoms with Gasteiger partial charge in [0.1, 0.15) is 6.61 Å². The standard InChI is InChI=1S/C12H23O/c1-2-3-4-5-6-7-8-9-10-12-11-13-12/h11-12H,2-10H2,1H3. The fourth-order valence-electron chi connectivity index (χ4n) is 1.67. The van der Waals surface area contributed by atoms with E-state index in [9.17, 15) is 0 Å². The molecule has 1 fully saturated rings. The fraction of sp³-hybridized carbons (Fsp3) is 0.917. The minimum absolute atomic E-state index is 0.528. The maximum atomic E-state index is 5.04. The third-order valence-corrected chi connectivity index (χ3v) is 2.67. The van der Waals surface area contributed by atoms with Crippen LogP contribution in [0.1, 0.15) is 64.7 Å². The van der Waals surface area contributed by atoms with E-state index in [-0.39, 0.29) is 0 Å². The molecule has 1 nitrogen and oxygen atoms in total. The molecular formula is C12H23O. The van der Waals surface area contributed by atoms with Crippen LogP contribution in [-0.4, -0.2) is 6.10 Å². The SMILES string of the molecule is CCCCCCCCCCC1[CH]O1. The maximum Gasteiger partial charge on any atom is 0.113 e. The summed E-state index contributed by atoms with van der Waals surface area (Å²) in [5, 5.41) is 0. The molecule has 1 heteroatoms. The molecule has 1 saturated heterocycles. The van der Waals surface area contributed by atoms with Crippen LogP contribution in [0.3, 0.4) is 0 Å². The van der Waals surface area contributed by atoms with Gasteiger partial charge < -0.3 is 4.74 Å². The summed E-state index contributed by atoms with van der Waals surface area (Å²) in [6.45, 7) is 4.22. The molecule has 0 aliphatic carbocycles. The van der Waals surface area contributed by atoms with Crippen molar-refractivity contribution in [2.45, 2.75) is 70.8 Å². The molecule has 0 saturated carbocycles. The van der Waals surface area contributed by atoms with Crippen LogP contribution in [0.2, 0.25) is 0 Å². The third kappa shape index (κ3) is 7.06. The van der Waals surface area contributed by atoms with Gasteiger partial charge in [-0.1, -0.05) is 58.3 Å². The molecule has 0 aromatic rings. The number of hydrogen-bond donors (Lipinski definition) is 0. The minimum atomic E-state index is 0.528. The van der Waals surface area contributed by atoms with E-state index >= 15 is 0 Å². The van der Waals surface area contributed by atoms with E-state index in [1.165, 1.54) is 57.8 Å². The van der Waals surface area contributed by atoms with E-state index in [1.54, 1.807) is 0 Å². The topological polar surface area (TPSA) is 12.5 Å². The second-order valence-corrected chi connectivity index (χ2v) is 4.07. The Hall–Kier alpha value is -0.0400. The predicted molar refractivity (Wildman–Crippen MR) is 56.4 cm³/mol. The first-order valence-corrected chi connectivity index (χ1v) is 5.92. The summed E-state index contributed by atoms with van der Waals surface area (Å²) in [5.74, 6) is 0. The van der Waals surface area contributed by atoms with E-state index in [2.05, 4.69) is 6.92 Å². The highest BCUT2D eigenvalue weighted by atomic mass is 16.6. The van der Waals surface area contributed by atoms with Crippen LogP contribution < -0.4 is 0 Å². The lowest BCUT2D eigenvalue weighted by atomic mass is 10.1. The Labute approximate surface area is 82.9 Å². The molecular weight excluding hydrogens is 160 g/mol. The van der Waals surface area contributed by atoms with Crippen LogP contribution in [0.15, 0.2) is 0 Å². The molecule has 1 heterocycles. The second-order valence-electron chi connectivity index (χ2n) is 4.07. The Bertz CT molecular complexity index is 108. The highest BCUT2D eigenvalue weighted by Crippen LogP contribution is 2.22. The van der Waals surface area contributed by atoms with Crippen LogP contribution in [-0.2, 0) is 4.74 Å². The molecule has 1 aliphatic rings. The Morgan fingerprint density at radius 3 is 2.00 bits per heavy atom. The van der Waals surface area contributed by atoms with E-state index in [0.29, 0.717) is 6.10 Å². The average Bonchev–Trinajstić information content (AvgIpc) is 2.93. The van der Waals surface area contributed by atoms with Gasteiger partial charge in [0.15, 0.2) is 0 Å².